The van der Waals surface area contributed by atoms with Crippen LogP contribution >= 0.6 is 0 Å². The van der Waals surface area contributed by atoms with Gasteiger partial charge in [-0.15, -0.1) is 0 Å². The average Bonchev–Trinajstić information content (AvgIpc) is 3.37. The van der Waals surface area contributed by atoms with E-state index in [1.54, 1.807) is 6.08 Å². The zero-order valence-corrected chi connectivity index (χ0v) is 21.9. The lowest BCUT2D eigenvalue weighted by Gasteiger charge is -2.41. The van der Waals surface area contributed by atoms with Crippen LogP contribution in [0, 0.1) is 34.0 Å². The molecule has 3 heterocycles. The summed E-state index contributed by atoms with van der Waals surface area (Å²) < 4.78 is 17.5. The van der Waals surface area contributed by atoms with Gasteiger partial charge in [-0.25, -0.2) is 4.79 Å². The third-order valence-electron chi connectivity index (χ3n) is 8.52. The third kappa shape index (κ3) is 4.79. The second-order valence-corrected chi connectivity index (χ2v) is 13.5. The highest BCUT2D eigenvalue weighted by atomic mass is 16.6. The summed E-state index contributed by atoms with van der Waals surface area (Å²) in [5, 5.41) is 0. The number of carbonyl (C=O) groups is 3. The minimum atomic E-state index is -0.365. The number of fused-ring (bicyclic) bond motifs is 1. The summed E-state index contributed by atoms with van der Waals surface area (Å²) in [6.45, 7) is 14.8. The maximum Gasteiger partial charge on any atom is 0.331 e. The monoisotopic (exact) mass is 474 g/mol. The lowest BCUT2D eigenvalue weighted by Crippen LogP contribution is -2.42. The zero-order valence-electron chi connectivity index (χ0n) is 21.9. The molecular formula is C28H42O6. The van der Waals surface area contributed by atoms with Crippen molar-refractivity contribution in [2.75, 3.05) is 0 Å². The first-order valence-electron chi connectivity index (χ1n) is 13.0. The van der Waals surface area contributed by atoms with Crippen molar-refractivity contribution in [3.63, 3.8) is 0 Å². The molecule has 4 aliphatic rings. The predicted octanol–water partition coefficient (Wildman–Crippen LogP) is 5.38. The van der Waals surface area contributed by atoms with Crippen molar-refractivity contribution in [1.82, 2.24) is 0 Å². The maximum absolute atomic E-state index is 12.6. The molecule has 0 radical (unpaired) electrons. The molecule has 0 aromatic heterocycles. The molecule has 6 nitrogen and oxygen atoms in total. The molecular weight excluding hydrogens is 432 g/mol. The summed E-state index contributed by atoms with van der Waals surface area (Å²) >= 11 is 0. The van der Waals surface area contributed by atoms with Crippen molar-refractivity contribution in [1.29, 1.82) is 0 Å². The maximum atomic E-state index is 12.6. The Balaban J connectivity index is 1.51. The van der Waals surface area contributed by atoms with Crippen molar-refractivity contribution in [2.45, 2.75) is 112 Å². The molecule has 4 rings (SSSR count). The smallest absolute Gasteiger partial charge is 0.331 e. The van der Waals surface area contributed by atoms with Gasteiger partial charge in [0.15, 0.2) is 0 Å². The molecule has 0 amide bonds. The number of esters is 3. The fraction of sp³-hybridized carbons (Fsp3) is 0.821. The number of hydrogen-bond acceptors (Lipinski definition) is 6. The average molecular weight is 475 g/mol. The topological polar surface area (TPSA) is 78.9 Å². The van der Waals surface area contributed by atoms with Crippen molar-refractivity contribution in [2.24, 2.45) is 34.0 Å². The van der Waals surface area contributed by atoms with E-state index >= 15 is 0 Å². The van der Waals surface area contributed by atoms with Gasteiger partial charge in [0.1, 0.15) is 18.3 Å². The molecule has 2 saturated heterocycles. The fourth-order valence-electron chi connectivity index (χ4n) is 7.19. The standard InChI is InChI=1S/C28H42O6/c1-26(2,3)22-16(12-20(29)32-22)14-27(4,5)23-17(13-21(30)33-23)15-28(6,7)24-18-10-8-9-11-19(18)25(31)34-24/h12,17-19,22-24H,8-11,13-15H2,1-7H3. The van der Waals surface area contributed by atoms with Gasteiger partial charge >= 0.3 is 17.9 Å². The van der Waals surface area contributed by atoms with Gasteiger partial charge in [0, 0.05) is 34.2 Å². The minimum absolute atomic E-state index is 0.0329. The molecule has 0 aromatic rings. The van der Waals surface area contributed by atoms with Crippen LogP contribution in [0.1, 0.15) is 93.4 Å². The number of ether oxygens (including phenoxy) is 3. The highest BCUT2D eigenvalue weighted by molar-refractivity contribution is 5.86. The van der Waals surface area contributed by atoms with Crippen LogP contribution in [0.15, 0.2) is 11.6 Å². The van der Waals surface area contributed by atoms with Crippen LogP contribution in [0.4, 0.5) is 0 Å². The highest BCUT2D eigenvalue weighted by Gasteiger charge is 2.54. The summed E-state index contributed by atoms with van der Waals surface area (Å²) in [6.07, 6.45) is 6.94. The first-order valence-corrected chi connectivity index (χ1v) is 13.0. The largest absolute Gasteiger partial charge is 0.461 e. The molecule has 190 valence electrons. The van der Waals surface area contributed by atoms with E-state index in [1.807, 2.05) is 0 Å². The van der Waals surface area contributed by atoms with E-state index in [1.165, 1.54) is 0 Å². The van der Waals surface area contributed by atoms with E-state index in [-0.39, 0.29) is 70.2 Å². The first-order chi connectivity index (χ1) is 15.7. The van der Waals surface area contributed by atoms with E-state index in [4.69, 9.17) is 14.2 Å². The van der Waals surface area contributed by atoms with Gasteiger partial charge in [-0.2, -0.15) is 0 Å². The highest BCUT2D eigenvalue weighted by Crippen LogP contribution is 2.51. The van der Waals surface area contributed by atoms with Gasteiger partial charge in [-0.1, -0.05) is 61.3 Å². The SMILES string of the molecule is CC(C)(C)C1OC(=O)C=C1CC(C)(C)C1OC(=O)CC1CC(C)(C)C1OC(=O)C2CCCCC21. The number of hydrogen-bond donors (Lipinski definition) is 0. The normalized spacial score (nSPS) is 34.4. The van der Waals surface area contributed by atoms with E-state index < -0.39 is 0 Å². The Kier molecular flexibility index (Phi) is 6.44. The molecule has 0 aromatic carbocycles. The van der Waals surface area contributed by atoms with E-state index in [9.17, 15) is 14.4 Å². The summed E-state index contributed by atoms with van der Waals surface area (Å²) in [6, 6.07) is 0. The van der Waals surface area contributed by atoms with Crippen LogP contribution in [-0.2, 0) is 28.6 Å². The van der Waals surface area contributed by atoms with Crippen LogP contribution in [0.3, 0.4) is 0 Å². The molecule has 6 unspecified atom stereocenters. The van der Waals surface area contributed by atoms with E-state index in [0.717, 1.165) is 37.7 Å². The summed E-state index contributed by atoms with van der Waals surface area (Å²) in [5.41, 5.74) is 0.151. The van der Waals surface area contributed by atoms with Gasteiger partial charge in [0.25, 0.3) is 0 Å². The molecule has 3 aliphatic heterocycles. The Morgan fingerprint density at radius 1 is 0.853 bits per heavy atom. The van der Waals surface area contributed by atoms with Crippen LogP contribution in [-0.4, -0.2) is 36.2 Å². The lowest BCUT2D eigenvalue weighted by molar-refractivity contribution is -0.149. The van der Waals surface area contributed by atoms with Crippen LogP contribution in [0.5, 0.6) is 0 Å². The Hall–Kier alpha value is -1.85. The minimum Gasteiger partial charge on any atom is -0.461 e. The predicted molar refractivity (Wildman–Crippen MR) is 128 cm³/mol. The summed E-state index contributed by atoms with van der Waals surface area (Å²) in [5.74, 6) is -0.155. The van der Waals surface area contributed by atoms with E-state index in [2.05, 4.69) is 48.5 Å². The Morgan fingerprint density at radius 2 is 1.53 bits per heavy atom. The van der Waals surface area contributed by atoms with Gasteiger partial charge in [0.05, 0.1) is 12.3 Å². The number of cyclic esters (lactones) is 3. The Bertz CT molecular complexity index is 876. The molecule has 6 atom stereocenters. The van der Waals surface area contributed by atoms with E-state index in [0.29, 0.717) is 12.8 Å². The second-order valence-electron chi connectivity index (χ2n) is 13.5. The zero-order chi connectivity index (χ0) is 25.1. The summed E-state index contributed by atoms with van der Waals surface area (Å²) in [7, 11) is 0. The van der Waals surface area contributed by atoms with Crippen molar-refractivity contribution in [3.8, 4) is 0 Å². The van der Waals surface area contributed by atoms with Crippen LogP contribution in [0.25, 0.3) is 0 Å². The second kappa shape index (κ2) is 8.67. The third-order valence-corrected chi connectivity index (χ3v) is 8.52. The van der Waals surface area contributed by atoms with Gasteiger partial charge < -0.3 is 14.2 Å². The number of rotatable bonds is 6. The van der Waals surface area contributed by atoms with Gasteiger partial charge in [-0.05, 0) is 31.3 Å². The molecule has 1 saturated carbocycles. The molecule has 34 heavy (non-hydrogen) atoms. The first kappa shape index (κ1) is 25.2. The van der Waals surface area contributed by atoms with Crippen LogP contribution < -0.4 is 0 Å². The fourth-order valence-corrected chi connectivity index (χ4v) is 7.19. The van der Waals surface area contributed by atoms with Crippen molar-refractivity contribution < 1.29 is 28.6 Å². The molecule has 0 bridgehead atoms. The quantitative estimate of drug-likeness (QED) is 0.380. The number of carbonyl (C=O) groups excluding carboxylic acids is 3. The Labute approximate surface area is 204 Å². The molecule has 3 fully saturated rings. The Morgan fingerprint density at radius 3 is 2.21 bits per heavy atom. The molecule has 1 aliphatic carbocycles. The molecule has 6 heteroatoms. The lowest BCUT2D eigenvalue weighted by atomic mass is 9.65. The molecule has 0 N–H and O–H groups in total. The van der Waals surface area contributed by atoms with Crippen molar-refractivity contribution in [3.05, 3.63) is 11.6 Å². The van der Waals surface area contributed by atoms with Crippen molar-refractivity contribution >= 4 is 17.9 Å². The molecule has 0 spiro atoms. The van der Waals surface area contributed by atoms with Gasteiger partial charge in [0.2, 0.25) is 0 Å². The van der Waals surface area contributed by atoms with Gasteiger partial charge in [-0.3, -0.25) is 9.59 Å². The summed E-state index contributed by atoms with van der Waals surface area (Å²) in [4.78, 5) is 37.2. The van der Waals surface area contributed by atoms with Crippen LogP contribution in [0.2, 0.25) is 0 Å².